The second-order valence-corrected chi connectivity index (χ2v) is 7.13. The summed E-state index contributed by atoms with van der Waals surface area (Å²) in [7, 11) is 0. The van der Waals surface area contributed by atoms with E-state index in [-0.39, 0.29) is 24.1 Å². The fourth-order valence-electron chi connectivity index (χ4n) is 3.02. The van der Waals surface area contributed by atoms with Crippen LogP contribution in [-0.4, -0.2) is 10.5 Å². The van der Waals surface area contributed by atoms with Crippen molar-refractivity contribution in [1.29, 1.82) is 0 Å². The molecule has 1 amide bonds. The summed E-state index contributed by atoms with van der Waals surface area (Å²) in [4.78, 5) is 12.8. The third-order valence-electron chi connectivity index (χ3n) is 4.41. The van der Waals surface area contributed by atoms with Crippen LogP contribution in [-0.2, 0) is 13.1 Å². The average Bonchev–Trinajstić information content (AvgIpc) is 3.25. The Balaban J connectivity index is 1.61. The summed E-state index contributed by atoms with van der Waals surface area (Å²) in [6.45, 7) is 0.559. The summed E-state index contributed by atoms with van der Waals surface area (Å²) in [6, 6.07) is 16.4. The van der Waals surface area contributed by atoms with E-state index in [2.05, 4.69) is 5.32 Å². The molecule has 4 aromatic rings. The SMILES string of the molecule is O=C(NCc1ccccc1F)c1cc2sccc2n1Cc1ccc(F)cc1. The highest BCUT2D eigenvalue weighted by atomic mass is 32.1. The summed E-state index contributed by atoms with van der Waals surface area (Å²) >= 11 is 1.55. The number of carbonyl (C=O) groups is 1. The number of aromatic nitrogens is 1. The molecule has 0 radical (unpaired) electrons. The number of fused-ring (bicyclic) bond motifs is 1. The quantitative estimate of drug-likeness (QED) is 0.520. The maximum absolute atomic E-state index is 13.8. The lowest BCUT2D eigenvalue weighted by atomic mass is 10.2. The fourth-order valence-corrected chi connectivity index (χ4v) is 3.84. The number of hydrogen-bond acceptors (Lipinski definition) is 2. The minimum absolute atomic E-state index is 0.112. The van der Waals surface area contributed by atoms with Crippen molar-refractivity contribution in [2.75, 3.05) is 0 Å². The highest BCUT2D eigenvalue weighted by Gasteiger charge is 2.17. The summed E-state index contributed by atoms with van der Waals surface area (Å²) in [5.74, 6) is -0.918. The Morgan fingerprint density at radius 3 is 2.59 bits per heavy atom. The lowest BCUT2D eigenvalue weighted by molar-refractivity contribution is 0.0942. The van der Waals surface area contributed by atoms with Gasteiger partial charge in [-0.15, -0.1) is 11.3 Å². The van der Waals surface area contributed by atoms with Gasteiger partial charge >= 0.3 is 0 Å². The lowest BCUT2D eigenvalue weighted by Crippen LogP contribution is -2.26. The van der Waals surface area contributed by atoms with Crippen LogP contribution < -0.4 is 5.32 Å². The molecule has 3 nitrogen and oxygen atoms in total. The number of rotatable bonds is 5. The Morgan fingerprint density at radius 1 is 1.04 bits per heavy atom. The van der Waals surface area contributed by atoms with Crippen molar-refractivity contribution in [3.8, 4) is 0 Å². The predicted molar refractivity (Wildman–Crippen MR) is 103 cm³/mol. The highest BCUT2D eigenvalue weighted by molar-refractivity contribution is 7.17. The van der Waals surface area contributed by atoms with E-state index >= 15 is 0 Å². The van der Waals surface area contributed by atoms with Crippen molar-refractivity contribution < 1.29 is 13.6 Å². The molecule has 0 aliphatic carbocycles. The monoisotopic (exact) mass is 382 g/mol. The largest absolute Gasteiger partial charge is 0.347 e. The molecule has 0 atom stereocenters. The Morgan fingerprint density at radius 2 is 1.81 bits per heavy atom. The predicted octanol–water partition coefficient (Wildman–Crippen LogP) is 4.96. The van der Waals surface area contributed by atoms with Crippen LogP contribution in [0.2, 0.25) is 0 Å². The minimum Gasteiger partial charge on any atom is -0.347 e. The van der Waals surface area contributed by atoms with Crippen LogP contribution >= 0.6 is 11.3 Å². The molecular weight excluding hydrogens is 366 g/mol. The number of carbonyl (C=O) groups excluding carboxylic acids is 1. The van der Waals surface area contributed by atoms with Crippen molar-refractivity contribution in [1.82, 2.24) is 9.88 Å². The second-order valence-electron chi connectivity index (χ2n) is 6.19. The summed E-state index contributed by atoms with van der Waals surface area (Å²) in [6.07, 6.45) is 0. The van der Waals surface area contributed by atoms with Crippen LogP contribution in [0.15, 0.2) is 66.0 Å². The van der Waals surface area contributed by atoms with Crippen molar-refractivity contribution in [2.24, 2.45) is 0 Å². The van der Waals surface area contributed by atoms with Crippen LogP contribution in [0.4, 0.5) is 8.78 Å². The Bertz CT molecular complexity index is 1100. The molecule has 27 heavy (non-hydrogen) atoms. The van der Waals surface area contributed by atoms with Gasteiger partial charge in [-0.25, -0.2) is 8.78 Å². The number of amides is 1. The molecular formula is C21H16F2N2OS. The van der Waals surface area contributed by atoms with Gasteiger partial charge in [-0.1, -0.05) is 30.3 Å². The first-order valence-corrected chi connectivity index (χ1v) is 9.32. The zero-order valence-corrected chi connectivity index (χ0v) is 15.1. The Hall–Kier alpha value is -2.99. The van der Waals surface area contributed by atoms with Crippen molar-refractivity contribution in [3.05, 3.63) is 94.5 Å². The number of nitrogens with one attached hydrogen (secondary N) is 1. The molecule has 0 aliphatic heterocycles. The van der Waals surface area contributed by atoms with Gasteiger partial charge in [0.25, 0.3) is 5.91 Å². The number of thiophene rings is 1. The molecule has 136 valence electrons. The average molecular weight is 382 g/mol. The molecule has 0 unspecified atom stereocenters. The maximum Gasteiger partial charge on any atom is 0.268 e. The van der Waals surface area contributed by atoms with Crippen molar-refractivity contribution >= 4 is 27.5 Å². The van der Waals surface area contributed by atoms with Crippen molar-refractivity contribution in [2.45, 2.75) is 13.1 Å². The first-order valence-electron chi connectivity index (χ1n) is 8.44. The number of halogens is 2. The molecule has 0 bridgehead atoms. The molecule has 0 spiro atoms. The van der Waals surface area contributed by atoms with Gasteiger partial charge in [-0.05, 0) is 41.3 Å². The van der Waals surface area contributed by atoms with Crippen LogP contribution in [0.5, 0.6) is 0 Å². The maximum atomic E-state index is 13.8. The summed E-state index contributed by atoms with van der Waals surface area (Å²) < 4.78 is 29.8. The molecule has 2 aromatic carbocycles. The molecule has 0 aliphatic rings. The van der Waals surface area contributed by atoms with Crippen LogP contribution in [0.25, 0.3) is 10.2 Å². The van der Waals surface area contributed by atoms with Crippen LogP contribution in [0.3, 0.4) is 0 Å². The molecule has 2 heterocycles. The lowest BCUT2D eigenvalue weighted by Gasteiger charge is -2.11. The fraction of sp³-hybridized carbons (Fsp3) is 0.0952. The van der Waals surface area contributed by atoms with Gasteiger partial charge < -0.3 is 9.88 Å². The smallest absolute Gasteiger partial charge is 0.268 e. The van der Waals surface area contributed by atoms with Crippen LogP contribution in [0, 0.1) is 11.6 Å². The van der Waals surface area contributed by atoms with Gasteiger partial charge in [0.05, 0.1) is 10.2 Å². The van der Waals surface area contributed by atoms with Gasteiger partial charge in [0, 0.05) is 18.7 Å². The summed E-state index contributed by atoms with van der Waals surface area (Å²) in [5, 5.41) is 4.75. The highest BCUT2D eigenvalue weighted by Crippen LogP contribution is 2.26. The Labute approximate surface area is 158 Å². The van der Waals surface area contributed by atoms with Gasteiger partial charge in [-0.2, -0.15) is 0 Å². The summed E-state index contributed by atoms with van der Waals surface area (Å²) in [5.41, 5.74) is 2.77. The van der Waals surface area contributed by atoms with E-state index in [0.29, 0.717) is 17.8 Å². The number of nitrogens with zero attached hydrogens (tertiary/aromatic N) is 1. The first-order chi connectivity index (χ1) is 13.1. The van der Waals surface area contributed by atoms with Gasteiger partial charge in [0.2, 0.25) is 0 Å². The zero-order valence-electron chi connectivity index (χ0n) is 14.3. The van der Waals surface area contributed by atoms with E-state index in [9.17, 15) is 13.6 Å². The minimum atomic E-state index is -0.347. The molecule has 0 saturated carbocycles. The third kappa shape index (κ3) is 3.61. The topological polar surface area (TPSA) is 34.0 Å². The molecule has 0 saturated heterocycles. The van der Waals surface area contributed by atoms with Gasteiger partial charge in [0.1, 0.15) is 17.3 Å². The van der Waals surface area contributed by atoms with Gasteiger partial charge in [-0.3, -0.25) is 4.79 Å². The Kier molecular flexibility index (Phi) is 4.73. The van der Waals surface area contributed by atoms with E-state index in [1.165, 1.54) is 18.2 Å². The molecule has 2 aromatic heterocycles. The normalized spacial score (nSPS) is 11.0. The van der Waals surface area contributed by atoms with E-state index in [1.807, 2.05) is 22.1 Å². The van der Waals surface area contributed by atoms with Gasteiger partial charge in [0.15, 0.2) is 0 Å². The standard InChI is InChI=1S/C21H16F2N2OS/c22-16-7-5-14(6-8-16)13-25-18-9-10-27-20(18)11-19(25)21(26)24-12-15-3-1-2-4-17(15)23/h1-11H,12-13H2,(H,24,26). The first kappa shape index (κ1) is 17.4. The molecule has 4 rings (SSSR count). The zero-order chi connectivity index (χ0) is 18.8. The molecule has 0 fully saturated rings. The van der Waals surface area contributed by atoms with E-state index in [4.69, 9.17) is 0 Å². The molecule has 6 heteroatoms. The second kappa shape index (κ2) is 7.32. The van der Waals surface area contributed by atoms with E-state index in [0.717, 1.165) is 15.8 Å². The van der Waals surface area contributed by atoms with E-state index < -0.39 is 0 Å². The number of hydrogen-bond donors (Lipinski definition) is 1. The molecule has 1 N–H and O–H groups in total. The van der Waals surface area contributed by atoms with Crippen molar-refractivity contribution in [3.63, 3.8) is 0 Å². The van der Waals surface area contributed by atoms with Crippen LogP contribution in [0.1, 0.15) is 21.6 Å². The number of benzene rings is 2. The third-order valence-corrected chi connectivity index (χ3v) is 5.26. The van der Waals surface area contributed by atoms with E-state index in [1.54, 1.807) is 41.7 Å².